The standard InChI is InChI=1S/C19H25FN6O/c1-15(27-17-6-4-16(20)5-7-17)14-24-18(21-2)25-10-12-26(13-11-25)19-22-8-3-9-23-19/h3-9,15H,10-14H2,1-2H3,(H,21,24). The zero-order chi connectivity index (χ0) is 19.1. The van der Waals surface area contributed by atoms with Crippen molar-refractivity contribution in [3.8, 4) is 5.75 Å². The molecule has 0 radical (unpaired) electrons. The van der Waals surface area contributed by atoms with E-state index in [2.05, 4.69) is 30.1 Å². The van der Waals surface area contributed by atoms with E-state index in [9.17, 15) is 4.39 Å². The lowest BCUT2D eigenvalue weighted by atomic mass is 10.3. The highest BCUT2D eigenvalue weighted by Crippen LogP contribution is 2.13. The van der Waals surface area contributed by atoms with Crippen molar-refractivity contribution in [3.63, 3.8) is 0 Å². The summed E-state index contributed by atoms with van der Waals surface area (Å²) in [4.78, 5) is 17.4. The van der Waals surface area contributed by atoms with Crippen molar-refractivity contribution >= 4 is 11.9 Å². The molecule has 1 fully saturated rings. The average Bonchev–Trinajstić information content (AvgIpc) is 2.71. The summed E-state index contributed by atoms with van der Waals surface area (Å²) < 4.78 is 18.8. The number of benzene rings is 1. The van der Waals surface area contributed by atoms with Crippen LogP contribution in [0.5, 0.6) is 5.75 Å². The van der Waals surface area contributed by atoms with Crippen LogP contribution in [-0.4, -0.2) is 66.7 Å². The van der Waals surface area contributed by atoms with Crippen LogP contribution >= 0.6 is 0 Å². The Hall–Kier alpha value is -2.90. The van der Waals surface area contributed by atoms with Crippen LogP contribution in [0.4, 0.5) is 10.3 Å². The van der Waals surface area contributed by atoms with E-state index >= 15 is 0 Å². The van der Waals surface area contributed by atoms with Gasteiger partial charge in [0.15, 0.2) is 5.96 Å². The Kier molecular flexibility index (Phi) is 6.40. The van der Waals surface area contributed by atoms with Crippen molar-refractivity contribution in [1.29, 1.82) is 0 Å². The minimum atomic E-state index is -0.270. The molecule has 1 aromatic heterocycles. The van der Waals surface area contributed by atoms with Crippen molar-refractivity contribution in [2.45, 2.75) is 13.0 Å². The summed E-state index contributed by atoms with van der Waals surface area (Å²) in [6.07, 6.45) is 3.45. The largest absolute Gasteiger partial charge is 0.489 e. The number of nitrogens with zero attached hydrogens (tertiary/aromatic N) is 5. The maximum atomic E-state index is 13.0. The Morgan fingerprint density at radius 3 is 2.48 bits per heavy atom. The first kappa shape index (κ1) is 18.9. The van der Waals surface area contributed by atoms with Gasteiger partial charge in [0.05, 0.1) is 6.54 Å². The molecular formula is C19H25FN6O. The molecule has 2 aromatic rings. The number of ether oxygens (including phenoxy) is 1. The van der Waals surface area contributed by atoms with Gasteiger partial charge in [0, 0.05) is 45.6 Å². The number of nitrogens with one attached hydrogen (secondary N) is 1. The van der Waals surface area contributed by atoms with Gasteiger partial charge in [-0.2, -0.15) is 0 Å². The molecule has 27 heavy (non-hydrogen) atoms. The number of halogens is 1. The smallest absolute Gasteiger partial charge is 0.225 e. The molecule has 2 heterocycles. The number of aromatic nitrogens is 2. The van der Waals surface area contributed by atoms with Crippen molar-refractivity contribution in [3.05, 3.63) is 48.5 Å². The van der Waals surface area contributed by atoms with Gasteiger partial charge >= 0.3 is 0 Å². The van der Waals surface area contributed by atoms with Gasteiger partial charge in [0.1, 0.15) is 17.7 Å². The molecule has 144 valence electrons. The van der Waals surface area contributed by atoms with Crippen molar-refractivity contribution in [2.24, 2.45) is 4.99 Å². The number of piperazine rings is 1. The van der Waals surface area contributed by atoms with Crippen LogP contribution in [0.15, 0.2) is 47.7 Å². The average molecular weight is 372 g/mol. The molecule has 0 aliphatic carbocycles. The quantitative estimate of drug-likeness (QED) is 0.638. The summed E-state index contributed by atoms with van der Waals surface area (Å²) in [5.74, 6) is 1.99. The highest BCUT2D eigenvalue weighted by molar-refractivity contribution is 5.80. The second-order valence-electron chi connectivity index (χ2n) is 6.33. The summed E-state index contributed by atoms with van der Waals surface area (Å²) >= 11 is 0. The minimum Gasteiger partial charge on any atom is -0.489 e. The topological polar surface area (TPSA) is 65.9 Å². The molecule has 1 aromatic carbocycles. The SMILES string of the molecule is CN=C(NCC(C)Oc1ccc(F)cc1)N1CCN(c2ncccn2)CC1. The third-order valence-electron chi connectivity index (χ3n) is 4.32. The van der Waals surface area contributed by atoms with Gasteiger partial charge in [-0.25, -0.2) is 14.4 Å². The van der Waals surface area contributed by atoms with E-state index in [1.807, 2.05) is 13.0 Å². The minimum absolute atomic E-state index is 0.0776. The third kappa shape index (κ3) is 5.29. The van der Waals surface area contributed by atoms with Gasteiger partial charge in [0.25, 0.3) is 0 Å². The summed E-state index contributed by atoms with van der Waals surface area (Å²) in [7, 11) is 1.78. The van der Waals surface area contributed by atoms with E-state index in [4.69, 9.17) is 4.74 Å². The Balaban J connectivity index is 1.46. The molecule has 0 amide bonds. The van der Waals surface area contributed by atoms with E-state index in [1.165, 1.54) is 12.1 Å². The highest BCUT2D eigenvalue weighted by atomic mass is 19.1. The normalized spacial score (nSPS) is 16.2. The third-order valence-corrected chi connectivity index (χ3v) is 4.32. The summed E-state index contributed by atoms with van der Waals surface area (Å²) in [5.41, 5.74) is 0. The number of hydrogen-bond acceptors (Lipinski definition) is 5. The van der Waals surface area contributed by atoms with Crippen LogP contribution in [0.25, 0.3) is 0 Å². The first-order chi connectivity index (χ1) is 13.2. The maximum Gasteiger partial charge on any atom is 0.225 e. The number of hydrogen-bond donors (Lipinski definition) is 1. The van der Waals surface area contributed by atoms with E-state index in [0.717, 1.165) is 38.1 Å². The van der Waals surface area contributed by atoms with Gasteiger partial charge < -0.3 is 19.9 Å². The first-order valence-electron chi connectivity index (χ1n) is 9.05. The molecule has 1 N–H and O–H groups in total. The molecule has 3 rings (SSSR count). The molecule has 8 heteroatoms. The van der Waals surface area contributed by atoms with E-state index < -0.39 is 0 Å². The van der Waals surface area contributed by atoms with E-state index in [1.54, 1.807) is 31.6 Å². The lowest BCUT2D eigenvalue weighted by Crippen LogP contribution is -2.53. The van der Waals surface area contributed by atoms with Crippen LogP contribution in [0.2, 0.25) is 0 Å². The van der Waals surface area contributed by atoms with Gasteiger partial charge in [-0.05, 0) is 37.3 Å². The Labute approximate surface area is 158 Å². The molecule has 0 spiro atoms. The lowest BCUT2D eigenvalue weighted by Gasteiger charge is -2.36. The Morgan fingerprint density at radius 1 is 1.19 bits per heavy atom. The molecule has 1 aliphatic heterocycles. The second-order valence-corrected chi connectivity index (χ2v) is 6.33. The van der Waals surface area contributed by atoms with Crippen molar-refractivity contribution in [1.82, 2.24) is 20.2 Å². The zero-order valence-corrected chi connectivity index (χ0v) is 15.7. The van der Waals surface area contributed by atoms with Crippen molar-refractivity contribution in [2.75, 3.05) is 44.7 Å². The zero-order valence-electron chi connectivity index (χ0n) is 15.7. The van der Waals surface area contributed by atoms with Crippen LogP contribution < -0.4 is 15.0 Å². The predicted octanol–water partition coefficient (Wildman–Crippen LogP) is 1.78. The van der Waals surface area contributed by atoms with E-state index in [0.29, 0.717) is 12.3 Å². The monoisotopic (exact) mass is 372 g/mol. The van der Waals surface area contributed by atoms with Gasteiger partial charge in [-0.3, -0.25) is 4.99 Å². The molecule has 1 unspecified atom stereocenters. The maximum absolute atomic E-state index is 13.0. The number of rotatable bonds is 5. The number of guanidine groups is 1. The van der Waals surface area contributed by atoms with Crippen LogP contribution in [0.1, 0.15) is 6.92 Å². The first-order valence-corrected chi connectivity index (χ1v) is 9.05. The van der Waals surface area contributed by atoms with Crippen molar-refractivity contribution < 1.29 is 9.13 Å². The van der Waals surface area contributed by atoms with Crippen LogP contribution in [0, 0.1) is 5.82 Å². The molecule has 1 atom stereocenters. The number of anilines is 1. The lowest BCUT2D eigenvalue weighted by molar-refractivity contribution is 0.221. The predicted molar refractivity (Wildman–Crippen MR) is 104 cm³/mol. The Morgan fingerprint density at radius 2 is 1.85 bits per heavy atom. The molecule has 0 saturated carbocycles. The summed E-state index contributed by atoms with van der Waals surface area (Å²) in [6, 6.07) is 7.87. The van der Waals surface area contributed by atoms with Crippen LogP contribution in [0.3, 0.4) is 0 Å². The number of aliphatic imine (C=N–C) groups is 1. The van der Waals surface area contributed by atoms with Gasteiger partial charge in [-0.15, -0.1) is 0 Å². The molecule has 1 aliphatic rings. The molecular weight excluding hydrogens is 347 g/mol. The van der Waals surface area contributed by atoms with E-state index in [-0.39, 0.29) is 11.9 Å². The Bertz CT molecular complexity index is 732. The molecule has 7 nitrogen and oxygen atoms in total. The van der Waals surface area contributed by atoms with Gasteiger partial charge in [-0.1, -0.05) is 0 Å². The fourth-order valence-electron chi connectivity index (χ4n) is 2.93. The summed E-state index contributed by atoms with van der Waals surface area (Å²) in [6.45, 7) is 5.93. The van der Waals surface area contributed by atoms with Gasteiger partial charge in [0.2, 0.25) is 5.95 Å². The fraction of sp³-hybridized carbons (Fsp3) is 0.421. The molecule has 1 saturated heterocycles. The second kappa shape index (κ2) is 9.16. The molecule has 0 bridgehead atoms. The summed E-state index contributed by atoms with van der Waals surface area (Å²) in [5, 5.41) is 3.35. The van der Waals surface area contributed by atoms with Crippen LogP contribution in [-0.2, 0) is 0 Å². The fourth-order valence-corrected chi connectivity index (χ4v) is 2.93. The highest BCUT2D eigenvalue weighted by Gasteiger charge is 2.21.